The predicted molar refractivity (Wildman–Crippen MR) is 94.7 cm³/mol. The van der Waals surface area contributed by atoms with Crippen molar-refractivity contribution in [3.63, 3.8) is 0 Å². The van der Waals surface area contributed by atoms with Gasteiger partial charge in [-0.25, -0.2) is 0 Å². The fourth-order valence-electron chi connectivity index (χ4n) is 2.49. The van der Waals surface area contributed by atoms with Gasteiger partial charge in [-0.1, -0.05) is 0 Å². The first-order chi connectivity index (χ1) is 10.7. The van der Waals surface area contributed by atoms with Crippen LogP contribution in [0.1, 0.15) is 21.5 Å². The van der Waals surface area contributed by atoms with E-state index in [9.17, 15) is 4.79 Å². The number of carbonyl (C=O) groups is 1. The van der Waals surface area contributed by atoms with Crippen molar-refractivity contribution in [3.05, 3.63) is 45.0 Å². The first kappa shape index (κ1) is 16.1. The molecule has 7 heteroatoms. The minimum Gasteiger partial charge on any atom is -0.468 e. The topological polar surface area (TPSA) is 45.5 Å². The van der Waals surface area contributed by atoms with Crippen LogP contribution >= 0.6 is 39.0 Å². The molecule has 2 aromatic heterocycles. The number of hydrogen-bond donors (Lipinski definition) is 1. The standard InChI is InChI=1S/C15H17BrN2O2S2/c16-11-8-14(22-10-11)15(19)17-9-12(13-2-1-5-20-13)18-3-6-21-7-4-18/h1-2,5,8,10,12H,3-4,6-7,9H2,(H,17,19)/t12-/m1/s1. The van der Waals surface area contributed by atoms with Crippen LogP contribution in [0.4, 0.5) is 0 Å². The van der Waals surface area contributed by atoms with Crippen molar-refractivity contribution in [2.24, 2.45) is 0 Å². The summed E-state index contributed by atoms with van der Waals surface area (Å²) in [6, 6.07) is 5.84. The molecule has 22 heavy (non-hydrogen) atoms. The smallest absolute Gasteiger partial charge is 0.261 e. The molecule has 0 radical (unpaired) electrons. The number of rotatable bonds is 5. The highest BCUT2D eigenvalue weighted by molar-refractivity contribution is 9.10. The SMILES string of the molecule is O=C(NC[C@H](c1ccco1)N1CCSCC1)c1cc(Br)cs1. The van der Waals surface area contributed by atoms with Gasteiger partial charge in [0.2, 0.25) is 0 Å². The van der Waals surface area contributed by atoms with Crippen LogP contribution in [0.15, 0.2) is 38.7 Å². The fourth-order valence-corrected chi connectivity index (χ4v) is 4.76. The van der Waals surface area contributed by atoms with Crippen LogP contribution in [-0.2, 0) is 0 Å². The molecule has 0 aromatic carbocycles. The number of furan rings is 1. The zero-order chi connectivity index (χ0) is 15.4. The Morgan fingerprint density at radius 3 is 2.91 bits per heavy atom. The average molecular weight is 401 g/mol. The van der Waals surface area contributed by atoms with Gasteiger partial charge in [-0.2, -0.15) is 11.8 Å². The summed E-state index contributed by atoms with van der Waals surface area (Å²) >= 11 is 6.80. The molecule has 3 heterocycles. The maximum Gasteiger partial charge on any atom is 0.261 e. The zero-order valence-corrected chi connectivity index (χ0v) is 15.2. The van der Waals surface area contributed by atoms with Crippen molar-refractivity contribution in [1.82, 2.24) is 10.2 Å². The van der Waals surface area contributed by atoms with Gasteiger partial charge < -0.3 is 9.73 Å². The predicted octanol–water partition coefficient (Wildman–Crippen LogP) is 3.62. The van der Waals surface area contributed by atoms with E-state index >= 15 is 0 Å². The molecule has 1 atom stereocenters. The van der Waals surface area contributed by atoms with E-state index in [0.717, 1.165) is 39.7 Å². The maximum absolute atomic E-state index is 12.2. The Hall–Kier alpha value is -0.760. The third-order valence-electron chi connectivity index (χ3n) is 3.61. The number of halogens is 1. The van der Waals surface area contributed by atoms with Crippen molar-refractivity contribution < 1.29 is 9.21 Å². The summed E-state index contributed by atoms with van der Waals surface area (Å²) in [5, 5.41) is 4.96. The second-order valence-corrected chi connectivity index (χ2v) is 8.07. The van der Waals surface area contributed by atoms with E-state index in [0.29, 0.717) is 6.54 Å². The molecule has 1 amide bonds. The van der Waals surface area contributed by atoms with E-state index in [-0.39, 0.29) is 11.9 Å². The van der Waals surface area contributed by atoms with Crippen LogP contribution in [-0.4, -0.2) is 41.9 Å². The summed E-state index contributed by atoms with van der Waals surface area (Å²) in [4.78, 5) is 15.4. The molecule has 1 saturated heterocycles. The lowest BCUT2D eigenvalue weighted by molar-refractivity contribution is 0.0933. The Bertz CT molecular complexity index is 609. The van der Waals surface area contributed by atoms with E-state index in [1.807, 2.05) is 35.3 Å². The lowest BCUT2D eigenvalue weighted by Gasteiger charge is -2.33. The lowest BCUT2D eigenvalue weighted by Crippen LogP contribution is -2.41. The minimum absolute atomic E-state index is 0.0290. The second-order valence-electron chi connectivity index (χ2n) is 5.02. The van der Waals surface area contributed by atoms with Gasteiger partial charge in [-0.3, -0.25) is 9.69 Å². The highest BCUT2D eigenvalue weighted by Gasteiger charge is 2.25. The first-order valence-electron chi connectivity index (χ1n) is 7.11. The number of carbonyl (C=O) groups excluding carboxylic acids is 1. The molecular formula is C15H17BrN2O2S2. The number of thiophene rings is 1. The molecule has 0 unspecified atom stereocenters. The largest absolute Gasteiger partial charge is 0.468 e. The summed E-state index contributed by atoms with van der Waals surface area (Å²) in [5.41, 5.74) is 0. The van der Waals surface area contributed by atoms with E-state index in [4.69, 9.17) is 4.42 Å². The number of amides is 1. The molecule has 0 spiro atoms. The van der Waals surface area contributed by atoms with Crippen LogP contribution in [0.25, 0.3) is 0 Å². The lowest BCUT2D eigenvalue weighted by atomic mass is 10.2. The van der Waals surface area contributed by atoms with Crippen LogP contribution < -0.4 is 5.32 Å². The van der Waals surface area contributed by atoms with Gasteiger partial charge >= 0.3 is 0 Å². The number of nitrogens with zero attached hydrogens (tertiary/aromatic N) is 1. The van der Waals surface area contributed by atoms with Crippen LogP contribution in [0.5, 0.6) is 0 Å². The fraction of sp³-hybridized carbons (Fsp3) is 0.400. The minimum atomic E-state index is -0.0290. The normalized spacial score (nSPS) is 17.3. The van der Waals surface area contributed by atoms with Gasteiger partial charge in [0.15, 0.2) is 0 Å². The quantitative estimate of drug-likeness (QED) is 0.831. The summed E-state index contributed by atoms with van der Waals surface area (Å²) in [5.74, 6) is 3.14. The molecule has 0 aliphatic carbocycles. The van der Waals surface area contributed by atoms with Gasteiger partial charge in [0.1, 0.15) is 5.76 Å². The van der Waals surface area contributed by atoms with Gasteiger partial charge in [-0.15, -0.1) is 11.3 Å². The van der Waals surface area contributed by atoms with Crippen molar-refractivity contribution in [2.45, 2.75) is 6.04 Å². The van der Waals surface area contributed by atoms with Crippen molar-refractivity contribution in [2.75, 3.05) is 31.1 Å². The average Bonchev–Trinajstić information content (AvgIpc) is 3.20. The van der Waals surface area contributed by atoms with E-state index in [1.165, 1.54) is 11.3 Å². The summed E-state index contributed by atoms with van der Waals surface area (Å²) in [6.07, 6.45) is 1.69. The van der Waals surface area contributed by atoms with Gasteiger partial charge in [0, 0.05) is 41.0 Å². The molecule has 2 aromatic rings. The monoisotopic (exact) mass is 400 g/mol. The third kappa shape index (κ3) is 3.95. The Labute approximate surface area is 146 Å². The van der Waals surface area contributed by atoms with E-state index in [1.54, 1.807) is 6.26 Å². The van der Waals surface area contributed by atoms with Crippen LogP contribution in [0.2, 0.25) is 0 Å². The van der Waals surface area contributed by atoms with Crippen molar-refractivity contribution >= 4 is 44.9 Å². The summed E-state index contributed by atoms with van der Waals surface area (Å²) in [7, 11) is 0. The Morgan fingerprint density at radius 2 is 2.27 bits per heavy atom. The second kappa shape index (κ2) is 7.68. The van der Waals surface area contributed by atoms with Crippen LogP contribution in [0.3, 0.4) is 0 Å². The number of nitrogens with one attached hydrogen (secondary N) is 1. The van der Waals surface area contributed by atoms with Crippen LogP contribution in [0, 0.1) is 0 Å². The summed E-state index contributed by atoms with van der Waals surface area (Å²) in [6.45, 7) is 2.61. The molecule has 1 aliphatic rings. The molecule has 0 saturated carbocycles. The number of hydrogen-bond acceptors (Lipinski definition) is 5. The van der Waals surface area contributed by atoms with Gasteiger partial charge in [-0.05, 0) is 34.1 Å². The number of thioether (sulfide) groups is 1. The highest BCUT2D eigenvalue weighted by Crippen LogP contribution is 2.25. The molecule has 1 aliphatic heterocycles. The summed E-state index contributed by atoms with van der Waals surface area (Å²) < 4.78 is 6.53. The first-order valence-corrected chi connectivity index (χ1v) is 9.94. The van der Waals surface area contributed by atoms with E-state index < -0.39 is 0 Å². The molecule has 4 nitrogen and oxygen atoms in total. The van der Waals surface area contributed by atoms with Crippen molar-refractivity contribution in [3.8, 4) is 0 Å². The molecule has 1 N–H and O–H groups in total. The third-order valence-corrected chi connectivity index (χ3v) is 6.24. The highest BCUT2D eigenvalue weighted by atomic mass is 79.9. The molecule has 118 valence electrons. The van der Waals surface area contributed by atoms with Crippen molar-refractivity contribution in [1.29, 1.82) is 0 Å². The Kier molecular flexibility index (Phi) is 5.62. The Balaban J connectivity index is 1.66. The Morgan fingerprint density at radius 1 is 1.45 bits per heavy atom. The molecule has 0 bridgehead atoms. The van der Waals surface area contributed by atoms with Gasteiger partial charge in [0.05, 0.1) is 17.2 Å². The zero-order valence-electron chi connectivity index (χ0n) is 12.0. The molecule has 1 fully saturated rings. The van der Waals surface area contributed by atoms with E-state index in [2.05, 4.69) is 26.1 Å². The van der Waals surface area contributed by atoms with Gasteiger partial charge in [0.25, 0.3) is 5.91 Å². The molecular weight excluding hydrogens is 384 g/mol. The maximum atomic E-state index is 12.2. The molecule has 3 rings (SSSR count).